The van der Waals surface area contributed by atoms with Gasteiger partial charge in [0, 0.05) is 51.4 Å². The highest BCUT2D eigenvalue weighted by Crippen LogP contribution is 2.16. The van der Waals surface area contributed by atoms with Gasteiger partial charge in [0.25, 0.3) is 0 Å². The molecule has 1 aliphatic heterocycles. The Balaban J connectivity index is 1.18. The van der Waals surface area contributed by atoms with Gasteiger partial charge in [0.05, 0.1) is 17.6 Å². The number of aromatic nitrogens is 2. The van der Waals surface area contributed by atoms with Crippen molar-refractivity contribution in [2.45, 2.75) is 19.9 Å². The van der Waals surface area contributed by atoms with Crippen molar-refractivity contribution in [2.24, 2.45) is 0 Å². The zero-order valence-corrected chi connectivity index (χ0v) is 17.8. The van der Waals surface area contributed by atoms with E-state index in [1.165, 1.54) is 5.56 Å². The van der Waals surface area contributed by atoms with Gasteiger partial charge < -0.3 is 24.9 Å². The largest absolute Gasteiger partial charge is 0.494 e. The summed E-state index contributed by atoms with van der Waals surface area (Å²) in [4.78, 5) is 33.9. The van der Waals surface area contributed by atoms with Crippen LogP contribution in [0.15, 0.2) is 47.3 Å². The van der Waals surface area contributed by atoms with E-state index in [2.05, 4.69) is 37.2 Å². The van der Waals surface area contributed by atoms with Gasteiger partial charge in [-0.25, -0.2) is 4.79 Å². The molecule has 1 saturated heterocycles. The maximum absolute atomic E-state index is 12.3. The fourth-order valence-electron chi connectivity index (χ4n) is 3.88. The Bertz CT molecular complexity index is 1060. The molecule has 0 saturated carbocycles. The molecule has 2 aromatic carbocycles. The smallest absolute Gasteiger partial charge is 0.323 e. The number of piperazine rings is 1. The number of hydrogen-bond donors (Lipinski definition) is 3. The molecule has 164 valence electrons. The number of aromatic amines is 2. The molecule has 1 aromatic heterocycles. The van der Waals surface area contributed by atoms with E-state index >= 15 is 0 Å². The number of amides is 1. The van der Waals surface area contributed by atoms with Crippen molar-refractivity contribution in [3.63, 3.8) is 0 Å². The second-order valence-corrected chi connectivity index (χ2v) is 7.83. The Morgan fingerprint density at radius 1 is 1.00 bits per heavy atom. The van der Waals surface area contributed by atoms with Crippen LogP contribution >= 0.6 is 0 Å². The Kier molecular flexibility index (Phi) is 6.69. The second kappa shape index (κ2) is 9.80. The zero-order chi connectivity index (χ0) is 21.6. The van der Waals surface area contributed by atoms with E-state index in [0.29, 0.717) is 24.2 Å². The molecule has 0 aliphatic carbocycles. The number of carbonyl (C=O) groups excluding carboxylic acids is 1. The van der Waals surface area contributed by atoms with Crippen molar-refractivity contribution in [3.05, 3.63) is 58.5 Å². The molecule has 2 heterocycles. The number of benzene rings is 2. The minimum atomic E-state index is -0.250. The van der Waals surface area contributed by atoms with Crippen LogP contribution in [0.3, 0.4) is 0 Å². The average molecular weight is 424 g/mol. The lowest BCUT2D eigenvalue weighted by Crippen LogP contribution is -2.46. The number of nitrogens with zero attached hydrogens (tertiary/aromatic N) is 2. The van der Waals surface area contributed by atoms with Gasteiger partial charge in [-0.15, -0.1) is 0 Å². The first-order chi connectivity index (χ1) is 15.1. The maximum Gasteiger partial charge on any atom is 0.323 e. The number of ether oxygens (including phenoxy) is 1. The number of carbonyl (C=O) groups is 1. The predicted molar refractivity (Wildman–Crippen MR) is 121 cm³/mol. The highest BCUT2D eigenvalue weighted by atomic mass is 16.5. The van der Waals surface area contributed by atoms with Crippen molar-refractivity contribution in [2.75, 3.05) is 44.6 Å². The van der Waals surface area contributed by atoms with E-state index in [-0.39, 0.29) is 11.6 Å². The molecule has 8 heteroatoms. The van der Waals surface area contributed by atoms with Crippen LogP contribution in [-0.4, -0.2) is 65.0 Å². The van der Waals surface area contributed by atoms with Crippen LogP contribution in [-0.2, 0) is 11.3 Å². The molecule has 8 nitrogen and oxygen atoms in total. The summed E-state index contributed by atoms with van der Waals surface area (Å²) < 4.78 is 5.50. The van der Waals surface area contributed by atoms with Crippen molar-refractivity contribution >= 4 is 22.6 Å². The Labute approximate surface area is 181 Å². The Morgan fingerprint density at radius 2 is 1.71 bits per heavy atom. The lowest BCUT2D eigenvalue weighted by molar-refractivity contribution is -0.116. The number of nitrogens with one attached hydrogen (secondary N) is 3. The number of anilines is 1. The first kappa shape index (κ1) is 21.1. The van der Waals surface area contributed by atoms with E-state index in [9.17, 15) is 9.59 Å². The van der Waals surface area contributed by atoms with E-state index in [1.807, 2.05) is 19.1 Å². The Hall–Kier alpha value is -3.10. The van der Waals surface area contributed by atoms with Crippen LogP contribution in [0.2, 0.25) is 0 Å². The van der Waals surface area contributed by atoms with E-state index in [1.54, 1.807) is 18.2 Å². The number of imidazole rings is 1. The minimum Gasteiger partial charge on any atom is -0.494 e. The number of hydrogen-bond acceptors (Lipinski definition) is 5. The minimum absolute atomic E-state index is 0.0194. The van der Waals surface area contributed by atoms with Crippen LogP contribution in [0.25, 0.3) is 11.0 Å². The topological polar surface area (TPSA) is 93.5 Å². The number of H-pyrrole nitrogens is 2. The van der Waals surface area contributed by atoms with Gasteiger partial charge in [-0.1, -0.05) is 12.1 Å². The summed E-state index contributed by atoms with van der Waals surface area (Å²) in [5.41, 5.74) is 3.14. The molecule has 31 heavy (non-hydrogen) atoms. The van der Waals surface area contributed by atoms with E-state index in [0.717, 1.165) is 50.5 Å². The normalized spacial score (nSPS) is 15.3. The lowest BCUT2D eigenvalue weighted by Gasteiger charge is -2.34. The van der Waals surface area contributed by atoms with Gasteiger partial charge >= 0.3 is 5.69 Å². The van der Waals surface area contributed by atoms with E-state index in [4.69, 9.17) is 4.74 Å². The van der Waals surface area contributed by atoms with Gasteiger partial charge in [-0.2, -0.15) is 0 Å². The molecule has 1 amide bonds. The first-order valence-corrected chi connectivity index (χ1v) is 10.8. The summed E-state index contributed by atoms with van der Waals surface area (Å²) in [5, 5.41) is 2.92. The van der Waals surface area contributed by atoms with Gasteiger partial charge in [0.2, 0.25) is 5.91 Å². The zero-order valence-electron chi connectivity index (χ0n) is 17.8. The third-order valence-corrected chi connectivity index (χ3v) is 5.56. The van der Waals surface area contributed by atoms with Gasteiger partial charge in [-0.3, -0.25) is 9.69 Å². The SMILES string of the molecule is CCOc1ccc(CN2CCN(CCC(=O)Nc3ccc4[nH]c(=O)[nH]c4c3)CC2)cc1. The van der Waals surface area contributed by atoms with Crippen LogP contribution in [0.1, 0.15) is 18.9 Å². The monoisotopic (exact) mass is 423 g/mol. The molecule has 3 aromatic rings. The summed E-state index contributed by atoms with van der Waals surface area (Å²) >= 11 is 0. The van der Waals surface area contributed by atoms with Crippen LogP contribution in [0.4, 0.5) is 5.69 Å². The van der Waals surface area contributed by atoms with Crippen molar-refractivity contribution in [1.82, 2.24) is 19.8 Å². The Morgan fingerprint density at radius 3 is 2.45 bits per heavy atom. The molecular weight excluding hydrogens is 394 g/mol. The summed E-state index contributed by atoms with van der Waals surface area (Å²) in [6.07, 6.45) is 0.445. The molecule has 0 unspecified atom stereocenters. The third kappa shape index (κ3) is 5.74. The van der Waals surface area contributed by atoms with Crippen LogP contribution in [0, 0.1) is 0 Å². The van der Waals surface area contributed by atoms with Gasteiger partial charge in [-0.05, 0) is 42.8 Å². The predicted octanol–water partition coefficient (Wildman–Crippen LogP) is 2.40. The number of rotatable bonds is 8. The third-order valence-electron chi connectivity index (χ3n) is 5.56. The number of fused-ring (bicyclic) bond motifs is 1. The average Bonchev–Trinajstić information content (AvgIpc) is 3.14. The van der Waals surface area contributed by atoms with Crippen molar-refractivity contribution < 1.29 is 9.53 Å². The fraction of sp³-hybridized carbons (Fsp3) is 0.391. The first-order valence-electron chi connectivity index (χ1n) is 10.8. The van der Waals surface area contributed by atoms with E-state index < -0.39 is 0 Å². The van der Waals surface area contributed by atoms with Crippen molar-refractivity contribution in [1.29, 1.82) is 0 Å². The fourth-order valence-corrected chi connectivity index (χ4v) is 3.88. The van der Waals surface area contributed by atoms with Crippen LogP contribution < -0.4 is 15.7 Å². The highest BCUT2D eigenvalue weighted by molar-refractivity contribution is 5.93. The lowest BCUT2D eigenvalue weighted by atomic mass is 10.2. The molecule has 1 aliphatic rings. The quantitative estimate of drug-likeness (QED) is 0.517. The summed E-state index contributed by atoms with van der Waals surface area (Å²) in [6.45, 7) is 8.25. The maximum atomic E-state index is 12.3. The second-order valence-electron chi connectivity index (χ2n) is 7.83. The molecule has 0 bridgehead atoms. The highest BCUT2D eigenvalue weighted by Gasteiger charge is 2.17. The molecule has 0 atom stereocenters. The molecule has 1 fully saturated rings. The van der Waals surface area contributed by atoms with Gasteiger partial charge in [0.15, 0.2) is 0 Å². The molecule has 3 N–H and O–H groups in total. The molecule has 4 rings (SSSR count). The molecule has 0 spiro atoms. The molecular formula is C23H29N5O3. The van der Waals surface area contributed by atoms with Crippen molar-refractivity contribution in [3.8, 4) is 5.75 Å². The summed E-state index contributed by atoms with van der Waals surface area (Å²) in [6, 6.07) is 13.7. The van der Waals surface area contributed by atoms with Gasteiger partial charge in [0.1, 0.15) is 5.75 Å². The summed E-state index contributed by atoms with van der Waals surface area (Å²) in [5.74, 6) is 0.893. The summed E-state index contributed by atoms with van der Waals surface area (Å²) in [7, 11) is 0. The standard InChI is InChI=1S/C23H29N5O3/c1-2-31-19-6-3-17(4-7-19)16-28-13-11-27(12-14-28)10-9-22(29)24-18-5-8-20-21(15-18)26-23(30)25-20/h3-8,15H,2,9-14,16H2,1H3,(H,24,29)(H2,25,26,30). The molecule has 0 radical (unpaired) electrons. The van der Waals surface area contributed by atoms with Crippen LogP contribution in [0.5, 0.6) is 5.75 Å².